The Kier molecular flexibility index (Phi) is 5.56. The minimum absolute atomic E-state index is 0.0543. The average molecular weight is 351 g/mol. The number of benzene rings is 1. The summed E-state index contributed by atoms with van der Waals surface area (Å²) in [5, 5.41) is 5.93. The highest BCUT2D eigenvalue weighted by molar-refractivity contribution is 7.13. The second kappa shape index (κ2) is 8.03. The number of hydrogen-bond acceptors (Lipinski definition) is 4. The largest absolute Gasteiger partial charge is 0.326 e. The van der Waals surface area contributed by atoms with Crippen molar-refractivity contribution in [3.63, 3.8) is 0 Å². The van der Waals surface area contributed by atoms with Crippen LogP contribution < -0.4 is 5.32 Å². The smallest absolute Gasteiger partial charge is 0.227 e. The van der Waals surface area contributed by atoms with Crippen LogP contribution in [0.25, 0.3) is 22.0 Å². The van der Waals surface area contributed by atoms with Gasteiger partial charge in [-0.3, -0.25) is 9.78 Å². The maximum atomic E-state index is 12.3. The fraction of sp³-hybridized carbons (Fsp3) is 0.250. The Balaban J connectivity index is 1.80. The van der Waals surface area contributed by atoms with E-state index in [1.807, 2.05) is 61.7 Å². The number of carbonyl (C=O) groups is 1. The Labute approximate surface area is 152 Å². The van der Waals surface area contributed by atoms with Gasteiger partial charge in [0.05, 0.1) is 11.4 Å². The van der Waals surface area contributed by atoms with Crippen molar-refractivity contribution in [3.05, 3.63) is 54.0 Å². The molecule has 5 heteroatoms. The Morgan fingerprint density at radius 2 is 1.96 bits per heavy atom. The summed E-state index contributed by atoms with van der Waals surface area (Å²) in [5.41, 5.74) is 3.56. The topological polar surface area (TPSA) is 54.9 Å². The summed E-state index contributed by atoms with van der Waals surface area (Å²) in [6, 6.07) is 13.6. The molecule has 0 aliphatic heterocycles. The zero-order chi connectivity index (χ0) is 17.6. The fourth-order valence-electron chi connectivity index (χ4n) is 2.67. The van der Waals surface area contributed by atoms with Crippen LogP contribution in [0.15, 0.2) is 54.0 Å². The monoisotopic (exact) mass is 351 g/mol. The molecule has 0 bridgehead atoms. The van der Waals surface area contributed by atoms with E-state index in [1.54, 1.807) is 17.5 Å². The Morgan fingerprint density at radius 1 is 1.12 bits per heavy atom. The lowest BCUT2D eigenvalue weighted by atomic mass is 10.0. The summed E-state index contributed by atoms with van der Waals surface area (Å²) < 4.78 is 0. The standard InChI is InChI=1S/C20H21N3OS/c1-3-14(4-2)19(24)22-16-9-7-8-15(12-16)18-13-25-20(23-18)17-10-5-6-11-21-17/h5-14H,3-4H2,1-2H3,(H,22,24). The summed E-state index contributed by atoms with van der Waals surface area (Å²) in [4.78, 5) is 21.3. The first kappa shape index (κ1) is 17.3. The van der Waals surface area contributed by atoms with E-state index in [0.29, 0.717) is 0 Å². The van der Waals surface area contributed by atoms with Crippen LogP contribution in [0, 0.1) is 5.92 Å². The minimum atomic E-state index is 0.0543. The quantitative estimate of drug-likeness (QED) is 0.660. The summed E-state index contributed by atoms with van der Waals surface area (Å²) in [6.07, 6.45) is 3.47. The third kappa shape index (κ3) is 4.12. The minimum Gasteiger partial charge on any atom is -0.326 e. The first-order valence-electron chi connectivity index (χ1n) is 8.49. The highest BCUT2D eigenvalue weighted by Gasteiger charge is 2.14. The third-order valence-electron chi connectivity index (χ3n) is 4.17. The molecule has 0 saturated carbocycles. The van der Waals surface area contributed by atoms with Gasteiger partial charge in [-0.2, -0.15) is 0 Å². The number of aromatic nitrogens is 2. The Morgan fingerprint density at radius 3 is 2.68 bits per heavy atom. The molecule has 1 aromatic carbocycles. The van der Waals surface area contributed by atoms with Crippen LogP contribution in [0.4, 0.5) is 5.69 Å². The predicted molar refractivity (Wildman–Crippen MR) is 103 cm³/mol. The average Bonchev–Trinajstić information content (AvgIpc) is 3.14. The van der Waals surface area contributed by atoms with Crippen LogP contribution in [-0.4, -0.2) is 15.9 Å². The van der Waals surface area contributed by atoms with E-state index in [0.717, 1.165) is 40.5 Å². The van der Waals surface area contributed by atoms with Crippen molar-refractivity contribution in [2.45, 2.75) is 26.7 Å². The number of thiazole rings is 1. The van der Waals surface area contributed by atoms with Gasteiger partial charge in [0.25, 0.3) is 0 Å². The molecule has 25 heavy (non-hydrogen) atoms. The van der Waals surface area contributed by atoms with E-state index in [-0.39, 0.29) is 11.8 Å². The molecule has 0 radical (unpaired) electrons. The van der Waals surface area contributed by atoms with E-state index in [4.69, 9.17) is 0 Å². The summed E-state index contributed by atoms with van der Waals surface area (Å²) >= 11 is 1.57. The molecule has 0 saturated heterocycles. The maximum absolute atomic E-state index is 12.3. The summed E-state index contributed by atoms with van der Waals surface area (Å²) in [7, 11) is 0. The van der Waals surface area contributed by atoms with E-state index in [1.165, 1.54) is 0 Å². The van der Waals surface area contributed by atoms with Gasteiger partial charge >= 0.3 is 0 Å². The van der Waals surface area contributed by atoms with Crippen molar-refractivity contribution in [2.75, 3.05) is 5.32 Å². The molecule has 128 valence electrons. The van der Waals surface area contributed by atoms with Crippen LogP contribution in [0.1, 0.15) is 26.7 Å². The lowest BCUT2D eigenvalue weighted by Crippen LogP contribution is -2.21. The van der Waals surface area contributed by atoms with Gasteiger partial charge in [0, 0.05) is 28.7 Å². The summed E-state index contributed by atoms with van der Waals surface area (Å²) in [5.74, 6) is 0.133. The van der Waals surface area contributed by atoms with Crippen LogP contribution in [-0.2, 0) is 4.79 Å². The highest BCUT2D eigenvalue weighted by atomic mass is 32.1. The lowest BCUT2D eigenvalue weighted by molar-refractivity contribution is -0.120. The molecule has 0 aliphatic rings. The van der Waals surface area contributed by atoms with Gasteiger partial charge in [0.15, 0.2) is 0 Å². The molecule has 2 heterocycles. The van der Waals surface area contributed by atoms with Gasteiger partial charge in [0.2, 0.25) is 5.91 Å². The number of rotatable bonds is 6. The normalized spacial score (nSPS) is 10.8. The van der Waals surface area contributed by atoms with E-state index in [2.05, 4.69) is 15.3 Å². The molecule has 3 rings (SSSR count). The second-order valence-electron chi connectivity index (χ2n) is 5.84. The molecule has 0 aliphatic carbocycles. The molecule has 2 aromatic heterocycles. The van der Waals surface area contributed by atoms with Crippen molar-refractivity contribution >= 4 is 22.9 Å². The fourth-order valence-corrected chi connectivity index (χ4v) is 3.48. The number of hydrogen-bond donors (Lipinski definition) is 1. The number of carbonyl (C=O) groups excluding carboxylic acids is 1. The third-order valence-corrected chi connectivity index (χ3v) is 5.04. The van der Waals surface area contributed by atoms with Crippen molar-refractivity contribution in [3.8, 4) is 22.0 Å². The van der Waals surface area contributed by atoms with Gasteiger partial charge in [-0.25, -0.2) is 4.98 Å². The maximum Gasteiger partial charge on any atom is 0.227 e. The van der Waals surface area contributed by atoms with Gasteiger partial charge < -0.3 is 5.32 Å². The number of amides is 1. The molecule has 4 nitrogen and oxygen atoms in total. The first-order chi connectivity index (χ1) is 12.2. The molecule has 1 N–H and O–H groups in total. The number of anilines is 1. The van der Waals surface area contributed by atoms with Gasteiger partial charge in [-0.15, -0.1) is 11.3 Å². The van der Waals surface area contributed by atoms with E-state index in [9.17, 15) is 4.79 Å². The zero-order valence-electron chi connectivity index (χ0n) is 14.4. The van der Waals surface area contributed by atoms with Gasteiger partial charge in [0.1, 0.15) is 5.01 Å². The van der Waals surface area contributed by atoms with Gasteiger partial charge in [-0.1, -0.05) is 32.0 Å². The molecule has 0 atom stereocenters. The number of pyridine rings is 1. The van der Waals surface area contributed by atoms with Crippen molar-refractivity contribution in [1.29, 1.82) is 0 Å². The number of nitrogens with zero attached hydrogens (tertiary/aromatic N) is 2. The van der Waals surface area contributed by atoms with Crippen molar-refractivity contribution in [1.82, 2.24) is 9.97 Å². The van der Waals surface area contributed by atoms with Crippen LogP contribution >= 0.6 is 11.3 Å². The molecular weight excluding hydrogens is 330 g/mol. The Bertz CT molecular complexity index is 841. The lowest BCUT2D eigenvalue weighted by Gasteiger charge is -2.13. The van der Waals surface area contributed by atoms with Crippen LogP contribution in [0.5, 0.6) is 0 Å². The summed E-state index contributed by atoms with van der Waals surface area (Å²) in [6.45, 7) is 4.08. The van der Waals surface area contributed by atoms with Crippen molar-refractivity contribution in [2.24, 2.45) is 5.92 Å². The zero-order valence-corrected chi connectivity index (χ0v) is 15.2. The van der Waals surface area contributed by atoms with E-state index >= 15 is 0 Å². The van der Waals surface area contributed by atoms with Crippen LogP contribution in [0.3, 0.4) is 0 Å². The second-order valence-corrected chi connectivity index (χ2v) is 6.69. The van der Waals surface area contributed by atoms with Crippen molar-refractivity contribution < 1.29 is 4.79 Å². The molecular formula is C20H21N3OS. The molecule has 0 unspecified atom stereocenters. The Hall–Kier alpha value is -2.53. The highest BCUT2D eigenvalue weighted by Crippen LogP contribution is 2.29. The molecule has 0 spiro atoms. The number of nitrogens with one attached hydrogen (secondary N) is 1. The van der Waals surface area contributed by atoms with Crippen LogP contribution in [0.2, 0.25) is 0 Å². The SMILES string of the molecule is CCC(CC)C(=O)Nc1cccc(-c2csc(-c3ccccn3)n2)c1. The first-order valence-corrected chi connectivity index (χ1v) is 9.37. The van der Waals surface area contributed by atoms with Gasteiger partial charge in [-0.05, 0) is 37.1 Å². The molecule has 1 amide bonds. The van der Waals surface area contributed by atoms with E-state index < -0.39 is 0 Å². The molecule has 3 aromatic rings. The molecule has 0 fully saturated rings. The predicted octanol–water partition coefficient (Wildman–Crippen LogP) is 5.25.